The second-order valence-electron chi connectivity index (χ2n) is 5.91. The molecule has 1 N–H and O–H groups in total. The molecule has 0 aliphatic carbocycles. The Balaban J connectivity index is 1.82. The number of para-hydroxylation sites is 1. The third-order valence-electron chi connectivity index (χ3n) is 4.28. The second-order valence-corrected chi connectivity index (χ2v) is 5.91. The van der Waals surface area contributed by atoms with Crippen LogP contribution in [0.4, 0.5) is 0 Å². The average Bonchev–Trinajstić information content (AvgIpc) is 2.61. The summed E-state index contributed by atoms with van der Waals surface area (Å²) in [6.45, 7) is 2.79. The van der Waals surface area contributed by atoms with Crippen molar-refractivity contribution in [1.29, 1.82) is 0 Å². The van der Waals surface area contributed by atoms with Gasteiger partial charge in [-0.25, -0.2) is 4.98 Å². The molecule has 24 heavy (non-hydrogen) atoms. The van der Waals surface area contributed by atoms with Gasteiger partial charge in [-0.05, 0) is 43.8 Å². The summed E-state index contributed by atoms with van der Waals surface area (Å²) < 4.78 is 5.18. The Morgan fingerprint density at radius 3 is 2.58 bits per heavy atom. The zero-order valence-electron chi connectivity index (χ0n) is 14.1. The molecule has 3 aromatic rings. The molecular formula is C19H21N3O2. The van der Waals surface area contributed by atoms with E-state index in [9.17, 15) is 4.79 Å². The van der Waals surface area contributed by atoms with E-state index < -0.39 is 0 Å². The van der Waals surface area contributed by atoms with Crippen LogP contribution in [0, 0.1) is 0 Å². The van der Waals surface area contributed by atoms with Gasteiger partial charge in [-0.2, -0.15) is 0 Å². The fraction of sp³-hybridized carbons (Fsp3) is 0.263. The van der Waals surface area contributed by atoms with Gasteiger partial charge in [0.25, 0.3) is 5.56 Å². The Labute approximate surface area is 140 Å². The number of aromatic nitrogens is 2. The van der Waals surface area contributed by atoms with Crippen LogP contribution >= 0.6 is 0 Å². The zero-order chi connectivity index (χ0) is 17.1. The van der Waals surface area contributed by atoms with Crippen LogP contribution in [0.1, 0.15) is 24.4 Å². The van der Waals surface area contributed by atoms with E-state index in [1.165, 1.54) is 5.56 Å². The van der Waals surface area contributed by atoms with E-state index in [0.29, 0.717) is 11.2 Å². The third-order valence-corrected chi connectivity index (χ3v) is 4.28. The minimum absolute atomic E-state index is 0.00981. The van der Waals surface area contributed by atoms with Gasteiger partial charge in [0.05, 0.1) is 24.1 Å². The third kappa shape index (κ3) is 3.31. The van der Waals surface area contributed by atoms with Crippen LogP contribution < -0.4 is 10.3 Å². The normalized spacial score (nSPS) is 12.5. The van der Waals surface area contributed by atoms with Crippen LogP contribution in [-0.4, -0.2) is 29.0 Å². The first-order valence-electron chi connectivity index (χ1n) is 7.90. The van der Waals surface area contributed by atoms with Gasteiger partial charge < -0.3 is 9.72 Å². The minimum atomic E-state index is -0.0969. The molecule has 1 aromatic heterocycles. The van der Waals surface area contributed by atoms with Gasteiger partial charge in [0.15, 0.2) is 0 Å². The summed E-state index contributed by atoms with van der Waals surface area (Å²) in [7, 11) is 3.68. The van der Waals surface area contributed by atoms with Crippen LogP contribution in [0.3, 0.4) is 0 Å². The number of methoxy groups -OCH3 is 1. The number of rotatable bonds is 5. The van der Waals surface area contributed by atoms with E-state index >= 15 is 0 Å². The highest BCUT2D eigenvalue weighted by Gasteiger charge is 2.16. The van der Waals surface area contributed by atoms with E-state index in [0.717, 1.165) is 17.8 Å². The molecule has 0 fully saturated rings. The molecule has 5 nitrogen and oxygen atoms in total. The highest BCUT2D eigenvalue weighted by molar-refractivity contribution is 5.77. The van der Waals surface area contributed by atoms with E-state index in [4.69, 9.17) is 4.74 Å². The Bertz CT molecular complexity index is 887. The average molecular weight is 323 g/mol. The fourth-order valence-corrected chi connectivity index (χ4v) is 2.67. The molecular weight excluding hydrogens is 302 g/mol. The lowest BCUT2D eigenvalue weighted by Crippen LogP contribution is -2.26. The summed E-state index contributed by atoms with van der Waals surface area (Å²) in [5, 5.41) is 0.617. The van der Waals surface area contributed by atoms with Gasteiger partial charge in [-0.15, -0.1) is 0 Å². The van der Waals surface area contributed by atoms with Crippen molar-refractivity contribution in [2.24, 2.45) is 0 Å². The molecule has 0 aliphatic rings. The molecule has 124 valence electrons. The number of aromatic amines is 1. The molecule has 1 atom stereocenters. The van der Waals surface area contributed by atoms with Crippen molar-refractivity contribution >= 4 is 10.9 Å². The van der Waals surface area contributed by atoms with Crippen molar-refractivity contribution in [3.8, 4) is 5.75 Å². The lowest BCUT2D eigenvalue weighted by Gasteiger charge is -2.24. The number of nitrogens with one attached hydrogen (secondary N) is 1. The highest BCUT2D eigenvalue weighted by Crippen LogP contribution is 2.19. The molecule has 0 unspecified atom stereocenters. The highest BCUT2D eigenvalue weighted by atomic mass is 16.5. The van der Waals surface area contributed by atoms with Crippen LogP contribution in [0.15, 0.2) is 53.3 Å². The quantitative estimate of drug-likeness (QED) is 0.784. The van der Waals surface area contributed by atoms with Gasteiger partial charge in [0.1, 0.15) is 11.6 Å². The Morgan fingerprint density at radius 1 is 1.17 bits per heavy atom. The first-order valence-corrected chi connectivity index (χ1v) is 7.90. The monoisotopic (exact) mass is 323 g/mol. The largest absolute Gasteiger partial charge is 0.497 e. The van der Waals surface area contributed by atoms with Crippen molar-refractivity contribution < 1.29 is 4.74 Å². The molecule has 0 spiro atoms. The van der Waals surface area contributed by atoms with Gasteiger partial charge in [-0.3, -0.25) is 9.69 Å². The Hall–Kier alpha value is -2.66. The zero-order valence-corrected chi connectivity index (χ0v) is 14.1. The number of nitrogens with zero attached hydrogens (tertiary/aromatic N) is 2. The van der Waals surface area contributed by atoms with E-state index in [-0.39, 0.29) is 11.6 Å². The lowest BCUT2D eigenvalue weighted by atomic mass is 10.1. The second kappa shape index (κ2) is 6.84. The first kappa shape index (κ1) is 16.2. The standard InChI is InChI=1S/C19H21N3O2/c1-13(22(2)12-14-8-10-15(24-3)11-9-14)18-20-17-7-5-4-6-16(17)19(23)21-18/h4-11,13H,12H2,1-3H3,(H,20,21,23)/t13-/m1/s1. The molecule has 0 aliphatic heterocycles. The summed E-state index contributed by atoms with van der Waals surface area (Å²) in [6, 6.07) is 15.4. The van der Waals surface area contributed by atoms with Gasteiger partial charge in [0.2, 0.25) is 0 Å². The van der Waals surface area contributed by atoms with Gasteiger partial charge >= 0.3 is 0 Å². The summed E-state index contributed by atoms with van der Waals surface area (Å²) >= 11 is 0. The van der Waals surface area contributed by atoms with E-state index in [1.807, 2.05) is 56.4 Å². The summed E-state index contributed by atoms with van der Waals surface area (Å²) in [5.74, 6) is 1.52. The molecule has 0 saturated heterocycles. The lowest BCUT2D eigenvalue weighted by molar-refractivity contribution is 0.244. The van der Waals surface area contributed by atoms with Crippen LogP contribution in [0.5, 0.6) is 5.75 Å². The Morgan fingerprint density at radius 2 is 1.88 bits per heavy atom. The number of hydrogen-bond acceptors (Lipinski definition) is 4. The minimum Gasteiger partial charge on any atom is -0.497 e. The van der Waals surface area contributed by atoms with Crippen LogP contribution in [-0.2, 0) is 6.54 Å². The molecule has 5 heteroatoms. The smallest absolute Gasteiger partial charge is 0.258 e. The van der Waals surface area contributed by atoms with Crippen molar-refractivity contribution in [2.75, 3.05) is 14.2 Å². The molecule has 0 saturated carbocycles. The molecule has 0 bridgehead atoms. The van der Waals surface area contributed by atoms with Gasteiger partial charge in [0, 0.05) is 6.54 Å². The molecule has 1 heterocycles. The molecule has 0 radical (unpaired) electrons. The van der Waals surface area contributed by atoms with Gasteiger partial charge in [-0.1, -0.05) is 24.3 Å². The molecule has 2 aromatic carbocycles. The SMILES string of the molecule is COc1ccc(CN(C)[C@H](C)c2nc3ccccc3c(=O)[nH]2)cc1. The van der Waals surface area contributed by atoms with Crippen molar-refractivity contribution in [3.05, 3.63) is 70.3 Å². The number of fused-ring (bicyclic) bond motifs is 1. The number of benzene rings is 2. The fourth-order valence-electron chi connectivity index (χ4n) is 2.67. The summed E-state index contributed by atoms with van der Waals surface area (Å²) in [4.78, 5) is 21.9. The van der Waals surface area contributed by atoms with E-state index in [2.05, 4.69) is 14.9 Å². The van der Waals surface area contributed by atoms with E-state index in [1.54, 1.807) is 13.2 Å². The van der Waals surface area contributed by atoms with Crippen molar-refractivity contribution in [1.82, 2.24) is 14.9 Å². The predicted molar refractivity (Wildman–Crippen MR) is 95.2 cm³/mol. The molecule has 0 amide bonds. The maximum absolute atomic E-state index is 12.2. The van der Waals surface area contributed by atoms with Crippen LogP contribution in [0.25, 0.3) is 10.9 Å². The predicted octanol–water partition coefficient (Wildman–Crippen LogP) is 3.12. The maximum Gasteiger partial charge on any atom is 0.258 e. The Kier molecular flexibility index (Phi) is 4.62. The number of H-pyrrole nitrogens is 1. The van der Waals surface area contributed by atoms with Crippen molar-refractivity contribution in [3.63, 3.8) is 0 Å². The number of hydrogen-bond donors (Lipinski definition) is 1. The topological polar surface area (TPSA) is 58.2 Å². The first-order chi connectivity index (χ1) is 11.6. The van der Waals surface area contributed by atoms with Crippen molar-refractivity contribution in [2.45, 2.75) is 19.5 Å². The summed E-state index contributed by atoms with van der Waals surface area (Å²) in [6.07, 6.45) is 0. The van der Waals surface area contributed by atoms with Crippen LogP contribution in [0.2, 0.25) is 0 Å². The maximum atomic E-state index is 12.2. The summed E-state index contributed by atoms with van der Waals surface area (Å²) in [5.41, 5.74) is 1.80. The molecule has 3 rings (SSSR count). The number of ether oxygens (including phenoxy) is 1.